The molecule has 0 aromatic carbocycles. The summed E-state index contributed by atoms with van der Waals surface area (Å²) in [6.45, 7) is 5.28. The molecule has 86 valence electrons. The zero-order valence-electron chi connectivity index (χ0n) is 9.41. The SMILES string of the molecule is CCCCCCCC(C)(C)S(=O)(=O)O. The lowest BCUT2D eigenvalue weighted by Gasteiger charge is -2.20. The molecule has 0 aromatic rings. The highest BCUT2D eigenvalue weighted by atomic mass is 32.2. The first-order valence-electron chi connectivity index (χ1n) is 5.28. The van der Waals surface area contributed by atoms with Crippen LogP contribution in [0.25, 0.3) is 0 Å². The molecule has 0 atom stereocenters. The summed E-state index contributed by atoms with van der Waals surface area (Å²) in [4.78, 5) is 0. The van der Waals surface area contributed by atoms with Gasteiger partial charge in [0.2, 0.25) is 0 Å². The fraction of sp³-hybridized carbons (Fsp3) is 1.00. The van der Waals surface area contributed by atoms with Crippen LogP contribution in [0.1, 0.15) is 59.3 Å². The van der Waals surface area contributed by atoms with Gasteiger partial charge in [-0.1, -0.05) is 39.0 Å². The van der Waals surface area contributed by atoms with Crippen LogP contribution in [-0.4, -0.2) is 17.7 Å². The summed E-state index contributed by atoms with van der Waals surface area (Å²) in [6.07, 6.45) is 5.99. The Kier molecular flexibility index (Phi) is 5.67. The summed E-state index contributed by atoms with van der Waals surface area (Å²) in [5, 5.41) is 0. The molecule has 0 saturated heterocycles. The number of hydrogen-bond donors (Lipinski definition) is 1. The molecule has 0 aliphatic carbocycles. The van der Waals surface area contributed by atoms with Crippen molar-refractivity contribution >= 4 is 10.1 Å². The van der Waals surface area contributed by atoms with Crippen molar-refractivity contribution in [1.82, 2.24) is 0 Å². The van der Waals surface area contributed by atoms with E-state index in [4.69, 9.17) is 4.55 Å². The van der Waals surface area contributed by atoms with E-state index in [2.05, 4.69) is 6.92 Å². The van der Waals surface area contributed by atoms with Crippen LogP contribution in [0.3, 0.4) is 0 Å². The van der Waals surface area contributed by atoms with E-state index in [0.29, 0.717) is 6.42 Å². The molecule has 0 aliphatic heterocycles. The number of unbranched alkanes of at least 4 members (excludes halogenated alkanes) is 4. The molecule has 0 aliphatic rings. The smallest absolute Gasteiger partial charge is 0.270 e. The van der Waals surface area contributed by atoms with Gasteiger partial charge in [-0.2, -0.15) is 8.42 Å². The van der Waals surface area contributed by atoms with Crippen molar-refractivity contribution in [2.24, 2.45) is 0 Å². The molecule has 0 fully saturated rings. The van der Waals surface area contributed by atoms with Crippen LogP contribution >= 0.6 is 0 Å². The summed E-state index contributed by atoms with van der Waals surface area (Å²) in [7, 11) is -3.90. The summed E-state index contributed by atoms with van der Waals surface area (Å²) in [6, 6.07) is 0. The van der Waals surface area contributed by atoms with Gasteiger partial charge in [-0.3, -0.25) is 4.55 Å². The van der Waals surface area contributed by atoms with E-state index in [1.54, 1.807) is 13.8 Å². The fourth-order valence-electron chi connectivity index (χ4n) is 1.28. The Morgan fingerprint density at radius 1 is 1.07 bits per heavy atom. The monoisotopic (exact) mass is 222 g/mol. The first kappa shape index (κ1) is 13.9. The lowest BCUT2D eigenvalue weighted by atomic mass is 10.0. The van der Waals surface area contributed by atoms with Gasteiger partial charge in [0.1, 0.15) is 0 Å². The van der Waals surface area contributed by atoms with Crippen molar-refractivity contribution in [3.05, 3.63) is 0 Å². The first-order valence-corrected chi connectivity index (χ1v) is 6.72. The Balaban J connectivity index is 3.79. The van der Waals surface area contributed by atoms with Gasteiger partial charge in [-0.15, -0.1) is 0 Å². The van der Waals surface area contributed by atoms with Gasteiger partial charge in [0.25, 0.3) is 10.1 Å². The molecule has 0 bridgehead atoms. The van der Waals surface area contributed by atoms with Crippen molar-refractivity contribution in [3.63, 3.8) is 0 Å². The molecule has 0 aromatic heterocycles. The van der Waals surface area contributed by atoms with Crippen LogP contribution in [0.15, 0.2) is 0 Å². The summed E-state index contributed by atoms with van der Waals surface area (Å²) < 4.78 is 29.8. The van der Waals surface area contributed by atoms with E-state index in [1.165, 1.54) is 12.8 Å². The Hall–Kier alpha value is -0.0900. The highest BCUT2D eigenvalue weighted by Gasteiger charge is 2.31. The van der Waals surface area contributed by atoms with E-state index in [-0.39, 0.29) is 0 Å². The van der Waals surface area contributed by atoms with Gasteiger partial charge in [0, 0.05) is 0 Å². The predicted octanol–water partition coefficient (Wildman–Crippen LogP) is 3.01. The molecule has 1 N–H and O–H groups in total. The van der Waals surface area contributed by atoms with Crippen LogP contribution in [-0.2, 0) is 10.1 Å². The molecule has 0 heterocycles. The second kappa shape index (κ2) is 5.71. The second-order valence-electron chi connectivity index (χ2n) is 4.40. The third kappa shape index (κ3) is 4.96. The van der Waals surface area contributed by atoms with Gasteiger partial charge >= 0.3 is 0 Å². The highest BCUT2D eigenvalue weighted by Crippen LogP contribution is 2.22. The molecule has 3 nitrogen and oxygen atoms in total. The average Bonchev–Trinajstić information content (AvgIpc) is 2.02. The normalized spacial score (nSPS) is 13.1. The molecule has 14 heavy (non-hydrogen) atoms. The summed E-state index contributed by atoms with van der Waals surface area (Å²) >= 11 is 0. The van der Waals surface area contributed by atoms with Gasteiger partial charge in [0.15, 0.2) is 0 Å². The molecule has 0 saturated carbocycles. The van der Waals surface area contributed by atoms with Gasteiger partial charge in [-0.25, -0.2) is 0 Å². The minimum atomic E-state index is -3.90. The Bertz CT molecular complexity index is 242. The van der Waals surface area contributed by atoms with E-state index >= 15 is 0 Å². The minimum absolute atomic E-state index is 0.537. The minimum Gasteiger partial charge on any atom is -0.285 e. The standard InChI is InChI=1S/C10H22O3S/c1-4-5-6-7-8-9-10(2,3)14(11,12)13/h4-9H2,1-3H3,(H,11,12,13). The van der Waals surface area contributed by atoms with E-state index in [9.17, 15) is 8.42 Å². The highest BCUT2D eigenvalue weighted by molar-refractivity contribution is 7.87. The molecular weight excluding hydrogens is 200 g/mol. The Morgan fingerprint density at radius 2 is 1.57 bits per heavy atom. The van der Waals surface area contributed by atoms with Crippen molar-refractivity contribution in [2.75, 3.05) is 0 Å². The zero-order valence-corrected chi connectivity index (χ0v) is 10.2. The molecular formula is C10H22O3S. The maximum atomic E-state index is 10.9. The van der Waals surface area contributed by atoms with Crippen LogP contribution < -0.4 is 0 Å². The number of rotatable bonds is 7. The molecule has 0 unspecified atom stereocenters. The van der Waals surface area contributed by atoms with Crippen molar-refractivity contribution in [2.45, 2.75) is 64.0 Å². The van der Waals surface area contributed by atoms with Crippen molar-refractivity contribution < 1.29 is 13.0 Å². The quantitative estimate of drug-likeness (QED) is 0.532. The maximum Gasteiger partial charge on any atom is 0.270 e. The van der Waals surface area contributed by atoms with Crippen molar-refractivity contribution in [3.8, 4) is 0 Å². The molecule has 0 rings (SSSR count). The zero-order chi connectivity index (χ0) is 11.2. The lowest BCUT2D eigenvalue weighted by Crippen LogP contribution is -2.31. The molecule has 0 radical (unpaired) electrons. The maximum absolute atomic E-state index is 10.9. The van der Waals surface area contributed by atoms with Crippen LogP contribution in [0.5, 0.6) is 0 Å². The van der Waals surface area contributed by atoms with Crippen LogP contribution in [0, 0.1) is 0 Å². The Labute approximate surface area is 87.7 Å². The first-order chi connectivity index (χ1) is 6.31. The molecule has 4 heteroatoms. The molecule has 0 spiro atoms. The third-order valence-electron chi connectivity index (χ3n) is 2.58. The van der Waals surface area contributed by atoms with E-state index < -0.39 is 14.9 Å². The van der Waals surface area contributed by atoms with Gasteiger partial charge in [-0.05, 0) is 20.3 Å². The largest absolute Gasteiger partial charge is 0.285 e. The number of hydrogen-bond acceptors (Lipinski definition) is 2. The molecule has 0 amide bonds. The van der Waals surface area contributed by atoms with Crippen LogP contribution in [0.2, 0.25) is 0 Å². The van der Waals surface area contributed by atoms with Crippen molar-refractivity contribution in [1.29, 1.82) is 0 Å². The van der Waals surface area contributed by atoms with E-state index in [0.717, 1.165) is 19.3 Å². The average molecular weight is 222 g/mol. The third-order valence-corrected chi connectivity index (χ3v) is 4.18. The van der Waals surface area contributed by atoms with E-state index in [1.807, 2.05) is 0 Å². The summed E-state index contributed by atoms with van der Waals surface area (Å²) in [5.41, 5.74) is 0. The summed E-state index contributed by atoms with van der Waals surface area (Å²) in [5.74, 6) is 0. The topological polar surface area (TPSA) is 54.4 Å². The van der Waals surface area contributed by atoms with Gasteiger partial charge < -0.3 is 0 Å². The Morgan fingerprint density at radius 3 is 2.00 bits per heavy atom. The fourth-order valence-corrected chi connectivity index (χ4v) is 1.69. The van der Waals surface area contributed by atoms with Gasteiger partial charge in [0.05, 0.1) is 4.75 Å². The lowest BCUT2D eigenvalue weighted by molar-refractivity contribution is 0.422. The predicted molar refractivity (Wildman–Crippen MR) is 59.0 cm³/mol. The van der Waals surface area contributed by atoms with Crippen LogP contribution in [0.4, 0.5) is 0 Å². The second-order valence-corrected chi connectivity index (χ2v) is 6.45.